The lowest BCUT2D eigenvalue weighted by Crippen LogP contribution is -2.18. The van der Waals surface area contributed by atoms with Crippen LogP contribution in [-0.2, 0) is 9.53 Å². The highest BCUT2D eigenvalue weighted by Crippen LogP contribution is 2.24. The summed E-state index contributed by atoms with van der Waals surface area (Å²) in [5.41, 5.74) is 0.854. The molecule has 0 fully saturated rings. The Morgan fingerprint density at radius 2 is 2.38 bits per heavy atom. The zero-order valence-corrected chi connectivity index (χ0v) is 10.2. The predicted molar refractivity (Wildman–Crippen MR) is 63.5 cm³/mol. The highest BCUT2D eigenvalue weighted by Gasteiger charge is 2.16. The van der Waals surface area contributed by atoms with Crippen LogP contribution in [0.1, 0.15) is 23.5 Å². The molecule has 86 valence electrons. The first kappa shape index (κ1) is 11.1. The van der Waals surface area contributed by atoms with E-state index in [9.17, 15) is 4.79 Å². The zero-order valence-electron chi connectivity index (χ0n) is 9.37. The highest BCUT2D eigenvalue weighted by molar-refractivity contribution is 7.16. The summed E-state index contributed by atoms with van der Waals surface area (Å²) in [5, 5.41) is 4.58. The van der Waals surface area contributed by atoms with Crippen molar-refractivity contribution in [3.8, 4) is 0 Å². The number of amides is 1. The lowest BCUT2D eigenvalue weighted by Gasteiger charge is -2.13. The Morgan fingerprint density at radius 3 is 2.94 bits per heavy atom. The summed E-state index contributed by atoms with van der Waals surface area (Å²) in [7, 11) is 0. The molecule has 1 aromatic heterocycles. The summed E-state index contributed by atoms with van der Waals surface area (Å²) in [6.07, 6.45) is 3.72. The lowest BCUT2D eigenvalue weighted by molar-refractivity contribution is -0.116. The normalized spacial score (nSPS) is 15.2. The van der Waals surface area contributed by atoms with Gasteiger partial charge in [-0.1, -0.05) is 0 Å². The Hall–Kier alpha value is -1.36. The first-order valence-electron chi connectivity index (χ1n) is 5.25. The van der Waals surface area contributed by atoms with Crippen LogP contribution in [0.15, 0.2) is 11.8 Å². The van der Waals surface area contributed by atoms with E-state index in [0.29, 0.717) is 12.4 Å². The predicted octanol–water partition coefficient (Wildman–Crippen LogP) is 2.39. The second-order valence-electron chi connectivity index (χ2n) is 3.66. The first-order valence-corrected chi connectivity index (χ1v) is 6.07. The molecule has 1 aliphatic rings. The standard InChI is InChI=1S/C11H14N2O2S/c1-7-11(16-8(2)12-7)13-10(14)9-5-3-4-6-15-9/h5H,3-4,6H2,1-2H3,(H,13,14). The molecule has 1 aromatic rings. The van der Waals surface area contributed by atoms with Gasteiger partial charge in [-0.15, -0.1) is 11.3 Å². The third-order valence-electron chi connectivity index (χ3n) is 2.29. The van der Waals surface area contributed by atoms with E-state index < -0.39 is 0 Å². The SMILES string of the molecule is Cc1nc(C)c(NC(=O)C2=CCCCO2)s1. The minimum absolute atomic E-state index is 0.175. The molecule has 0 radical (unpaired) electrons. The number of aryl methyl sites for hydroxylation is 2. The van der Waals surface area contributed by atoms with Crippen molar-refractivity contribution in [3.63, 3.8) is 0 Å². The van der Waals surface area contributed by atoms with Crippen molar-refractivity contribution in [2.45, 2.75) is 26.7 Å². The molecule has 2 heterocycles. The minimum Gasteiger partial charge on any atom is -0.488 e. The smallest absolute Gasteiger partial charge is 0.291 e. The second-order valence-corrected chi connectivity index (χ2v) is 4.86. The van der Waals surface area contributed by atoms with Gasteiger partial charge in [0.25, 0.3) is 5.91 Å². The lowest BCUT2D eigenvalue weighted by atomic mass is 10.2. The molecule has 0 saturated carbocycles. The number of rotatable bonds is 2. The first-order chi connectivity index (χ1) is 7.66. The number of carbonyl (C=O) groups is 1. The van der Waals surface area contributed by atoms with Crippen molar-refractivity contribution in [1.82, 2.24) is 4.98 Å². The zero-order chi connectivity index (χ0) is 11.5. The Labute approximate surface area is 98.3 Å². The van der Waals surface area contributed by atoms with Crippen LogP contribution in [0.3, 0.4) is 0 Å². The third kappa shape index (κ3) is 2.41. The van der Waals surface area contributed by atoms with Crippen LogP contribution < -0.4 is 5.32 Å². The summed E-state index contributed by atoms with van der Waals surface area (Å²) < 4.78 is 5.29. The van der Waals surface area contributed by atoms with Crippen molar-refractivity contribution >= 4 is 22.2 Å². The number of nitrogens with one attached hydrogen (secondary N) is 1. The fourth-order valence-corrected chi connectivity index (χ4v) is 2.34. The third-order valence-corrected chi connectivity index (χ3v) is 3.28. The largest absolute Gasteiger partial charge is 0.488 e. The van der Waals surface area contributed by atoms with Crippen molar-refractivity contribution < 1.29 is 9.53 Å². The number of thiazole rings is 1. The average molecular weight is 238 g/mol. The van der Waals surface area contributed by atoms with Gasteiger partial charge in [0, 0.05) is 0 Å². The molecular formula is C11H14N2O2S. The highest BCUT2D eigenvalue weighted by atomic mass is 32.1. The summed E-state index contributed by atoms with van der Waals surface area (Å²) >= 11 is 1.48. The van der Waals surface area contributed by atoms with Crippen LogP contribution >= 0.6 is 11.3 Å². The number of allylic oxidation sites excluding steroid dienone is 1. The van der Waals surface area contributed by atoms with Gasteiger partial charge in [0.05, 0.1) is 17.3 Å². The van der Waals surface area contributed by atoms with E-state index in [2.05, 4.69) is 10.3 Å². The van der Waals surface area contributed by atoms with Gasteiger partial charge in [-0.3, -0.25) is 4.79 Å². The molecule has 0 aromatic carbocycles. The Kier molecular flexibility index (Phi) is 3.24. The molecular weight excluding hydrogens is 224 g/mol. The van der Waals surface area contributed by atoms with E-state index in [4.69, 9.17) is 4.74 Å². The van der Waals surface area contributed by atoms with Gasteiger partial charge >= 0.3 is 0 Å². The van der Waals surface area contributed by atoms with Gasteiger partial charge in [-0.05, 0) is 32.8 Å². The second kappa shape index (κ2) is 4.65. The van der Waals surface area contributed by atoms with Gasteiger partial charge in [-0.2, -0.15) is 0 Å². The van der Waals surface area contributed by atoms with Crippen molar-refractivity contribution in [2.75, 3.05) is 11.9 Å². The van der Waals surface area contributed by atoms with Gasteiger partial charge in [-0.25, -0.2) is 4.98 Å². The number of nitrogens with zero attached hydrogens (tertiary/aromatic N) is 1. The summed E-state index contributed by atoms with van der Waals surface area (Å²) in [6.45, 7) is 4.43. The number of anilines is 1. The summed E-state index contributed by atoms with van der Waals surface area (Å²) in [4.78, 5) is 16.1. The molecule has 0 aliphatic carbocycles. The monoisotopic (exact) mass is 238 g/mol. The Morgan fingerprint density at radius 1 is 1.56 bits per heavy atom. The molecule has 16 heavy (non-hydrogen) atoms. The molecule has 0 spiro atoms. The molecule has 1 aliphatic heterocycles. The molecule has 0 atom stereocenters. The van der Waals surface area contributed by atoms with Crippen LogP contribution in [0.2, 0.25) is 0 Å². The summed E-state index contributed by atoms with van der Waals surface area (Å²) in [5.74, 6) is 0.253. The van der Waals surface area contributed by atoms with Crippen LogP contribution in [-0.4, -0.2) is 17.5 Å². The fraction of sp³-hybridized carbons (Fsp3) is 0.455. The van der Waals surface area contributed by atoms with E-state index in [0.717, 1.165) is 28.5 Å². The number of ether oxygens (including phenoxy) is 1. The van der Waals surface area contributed by atoms with Crippen LogP contribution in [0.4, 0.5) is 5.00 Å². The minimum atomic E-state index is -0.175. The number of hydrogen-bond donors (Lipinski definition) is 1. The number of carbonyl (C=O) groups excluding carboxylic acids is 1. The molecule has 0 bridgehead atoms. The maximum Gasteiger partial charge on any atom is 0.291 e. The van der Waals surface area contributed by atoms with Crippen molar-refractivity contribution in [1.29, 1.82) is 0 Å². The number of aromatic nitrogens is 1. The molecule has 2 rings (SSSR count). The van der Waals surface area contributed by atoms with E-state index in [1.807, 2.05) is 19.9 Å². The Bertz CT molecular complexity index is 437. The maximum atomic E-state index is 11.8. The van der Waals surface area contributed by atoms with Crippen LogP contribution in [0, 0.1) is 13.8 Å². The maximum absolute atomic E-state index is 11.8. The molecule has 1 N–H and O–H groups in total. The molecule has 0 saturated heterocycles. The van der Waals surface area contributed by atoms with Gasteiger partial charge in [0.15, 0.2) is 5.76 Å². The van der Waals surface area contributed by atoms with Crippen molar-refractivity contribution in [3.05, 3.63) is 22.5 Å². The topological polar surface area (TPSA) is 51.2 Å². The quantitative estimate of drug-likeness (QED) is 0.860. The van der Waals surface area contributed by atoms with Gasteiger partial charge in [0.1, 0.15) is 5.00 Å². The van der Waals surface area contributed by atoms with E-state index in [1.54, 1.807) is 0 Å². The Balaban J connectivity index is 2.07. The van der Waals surface area contributed by atoms with E-state index in [-0.39, 0.29) is 5.91 Å². The van der Waals surface area contributed by atoms with Crippen LogP contribution in [0.5, 0.6) is 0 Å². The van der Waals surface area contributed by atoms with Gasteiger partial charge in [0.2, 0.25) is 0 Å². The van der Waals surface area contributed by atoms with Crippen molar-refractivity contribution in [2.24, 2.45) is 0 Å². The molecule has 0 unspecified atom stereocenters. The average Bonchev–Trinajstić information content (AvgIpc) is 2.59. The fourth-order valence-electron chi connectivity index (χ4n) is 1.53. The van der Waals surface area contributed by atoms with Crippen LogP contribution in [0.25, 0.3) is 0 Å². The number of hydrogen-bond acceptors (Lipinski definition) is 4. The van der Waals surface area contributed by atoms with E-state index in [1.165, 1.54) is 11.3 Å². The molecule has 4 nitrogen and oxygen atoms in total. The molecule has 5 heteroatoms. The summed E-state index contributed by atoms with van der Waals surface area (Å²) in [6, 6.07) is 0. The molecule has 1 amide bonds. The van der Waals surface area contributed by atoms with E-state index >= 15 is 0 Å². The van der Waals surface area contributed by atoms with Gasteiger partial charge < -0.3 is 10.1 Å².